The number of nitrogens with zero attached hydrogens (tertiary/aromatic N) is 5. The van der Waals surface area contributed by atoms with E-state index in [1.165, 1.54) is 43.4 Å². The molecule has 4 heterocycles. The van der Waals surface area contributed by atoms with Gasteiger partial charge in [-0.05, 0) is 51.9 Å². The lowest BCUT2D eigenvalue weighted by atomic mass is 9.95. The summed E-state index contributed by atoms with van der Waals surface area (Å²) in [5, 5.41) is 12.3. The van der Waals surface area contributed by atoms with Crippen LogP contribution in [0.3, 0.4) is 0 Å². The van der Waals surface area contributed by atoms with Crippen LogP contribution in [0.15, 0.2) is 11.7 Å². The average Bonchev–Trinajstić information content (AvgIpc) is 3.59. The van der Waals surface area contributed by atoms with Crippen molar-refractivity contribution in [3.05, 3.63) is 28.2 Å². The van der Waals surface area contributed by atoms with Crippen LogP contribution in [0.2, 0.25) is 0 Å². The molecule has 3 fully saturated rings. The molecule has 2 saturated heterocycles. The number of aryl methyl sites for hydroxylation is 1. The first-order valence-corrected chi connectivity index (χ1v) is 13.7. The van der Waals surface area contributed by atoms with Gasteiger partial charge in [-0.2, -0.15) is 0 Å². The molecular weight excluding hydrogens is 432 g/mol. The molecule has 3 aliphatic rings. The van der Waals surface area contributed by atoms with Gasteiger partial charge in [-0.15, -0.1) is 21.5 Å². The number of aromatic nitrogens is 4. The summed E-state index contributed by atoms with van der Waals surface area (Å²) >= 11 is 1.66. The zero-order chi connectivity index (χ0) is 22.9. The Bertz CT molecular complexity index is 921. The molecule has 180 valence electrons. The molecule has 4 atom stereocenters. The van der Waals surface area contributed by atoms with Gasteiger partial charge < -0.3 is 9.88 Å². The quantitative estimate of drug-likeness (QED) is 0.601. The van der Waals surface area contributed by atoms with Crippen LogP contribution in [0.25, 0.3) is 0 Å². The van der Waals surface area contributed by atoms with E-state index in [2.05, 4.69) is 50.7 Å². The molecule has 0 radical (unpaired) electrons. The smallest absolute Gasteiger partial charge is 0.223 e. The van der Waals surface area contributed by atoms with E-state index in [9.17, 15) is 4.79 Å². The summed E-state index contributed by atoms with van der Waals surface area (Å²) in [6, 6.07) is 1.81. The number of piperidine rings is 1. The molecule has 1 amide bonds. The molecule has 33 heavy (non-hydrogen) atoms. The minimum atomic E-state index is 0.0790. The van der Waals surface area contributed by atoms with Crippen LogP contribution >= 0.6 is 11.3 Å². The molecule has 1 N–H and O–H groups in total. The van der Waals surface area contributed by atoms with Crippen LogP contribution < -0.4 is 5.32 Å². The van der Waals surface area contributed by atoms with Gasteiger partial charge in [-0.1, -0.05) is 26.7 Å². The molecule has 8 heteroatoms. The van der Waals surface area contributed by atoms with Crippen molar-refractivity contribution in [3.63, 3.8) is 0 Å². The molecule has 2 bridgehead atoms. The zero-order valence-corrected chi connectivity index (χ0v) is 21.1. The monoisotopic (exact) mass is 470 g/mol. The Hall–Kier alpha value is -1.80. The Kier molecular flexibility index (Phi) is 6.84. The lowest BCUT2D eigenvalue weighted by Gasteiger charge is -2.40. The number of amides is 1. The van der Waals surface area contributed by atoms with Crippen molar-refractivity contribution >= 4 is 17.2 Å². The molecule has 2 aliphatic heterocycles. The fourth-order valence-corrected chi connectivity index (χ4v) is 7.20. The second-order valence-electron chi connectivity index (χ2n) is 10.6. The van der Waals surface area contributed by atoms with Gasteiger partial charge in [-0.25, -0.2) is 0 Å². The number of nitrogens with one attached hydrogen (secondary N) is 1. The highest BCUT2D eigenvalue weighted by Gasteiger charge is 2.42. The predicted molar refractivity (Wildman–Crippen MR) is 130 cm³/mol. The van der Waals surface area contributed by atoms with E-state index in [4.69, 9.17) is 0 Å². The van der Waals surface area contributed by atoms with Crippen LogP contribution in [-0.2, 0) is 4.79 Å². The van der Waals surface area contributed by atoms with E-state index in [0.717, 1.165) is 37.5 Å². The molecule has 2 aromatic rings. The largest absolute Gasteiger partial charge is 0.348 e. The Morgan fingerprint density at radius 1 is 1.12 bits per heavy atom. The molecule has 7 nitrogen and oxygen atoms in total. The highest BCUT2D eigenvalue weighted by molar-refractivity contribution is 7.09. The summed E-state index contributed by atoms with van der Waals surface area (Å²) < 4.78 is 2.43. The Morgan fingerprint density at radius 2 is 1.85 bits per heavy atom. The molecule has 0 aromatic carbocycles. The molecule has 1 aliphatic carbocycles. The van der Waals surface area contributed by atoms with Crippen molar-refractivity contribution < 1.29 is 4.79 Å². The van der Waals surface area contributed by atoms with Crippen molar-refractivity contribution in [2.75, 3.05) is 6.54 Å². The Balaban J connectivity index is 1.24. The number of thiazole rings is 1. The minimum Gasteiger partial charge on any atom is -0.348 e. The minimum absolute atomic E-state index is 0.0790. The van der Waals surface area contributed by atoms with Crippen LogP contribution in [0.5, 0.6) is 0 Å². The number of hydrogen-bond donors (Lipinski definition) is 1. The summed E-state index contributed by atoms with van der Waals surface area (Å²) in [5.74, 6) is 3.03. The number of fused-ring (bicyclic) bond motifs is 2. The third-order valence-corrected chi connectivity index (χ3v) is 9.04. The molecule has 1 unspecified atom stereocenters. The van der Waals surface area contributed by atoms with E-state index in [1.807, 2.05) is 11.7 Å². The number of hydrogen-bond acceptors (Lipinski definition) is 6. The lowest BCUT2D eigenvalue weighted by molar-refractivity contribution is -0.125. The first-order chi connectivity index (χ1) is 16.0. The molecule has 0 spiro atoms. The van der Waals surface area contributed by atoms with Gasteiger partial charge in [0.1, 0.15) is 11.6 Å². The fourth-order valence-electron chi connectivity index (χ4n) is 6.49. The summed E-state index contributed by atoms with van der Waals surface area (Å²) in [7, 11) is 0. The van der Waals surface area contributed by atoms with E-state index in [-0.39, 0.29) is 17.9 Å². The zero-order valence-electron chi connectivity index (χ0n) is 20.2. The van der Waals surface area contributed by atoms with E-state index in [0.29, 0.717) is 24.0 Å². The van der Waals surface area contributed by atoms with Crippen molar-refractivity contribution in [3.8, 4) is 0 Å². The lowest BCUT2D eigenvalue weighted by Crippen LogP contribution is -2.45. The normalized spacial score (nSPS) is 26.8. The Morgan fingerprint density at radius 3 is 2.48 bits per heavy atom. The predicted octanol–water partition coefficient (Wildman–Crippen LogP) is 4.77. The van der Waals surface area contributed by atoms with E-state index in [1.54, 1.807) is 11.3 Å². The van der Waals surface area contributed by atoms with Crippen molar-refractivity contribution in [2.24, 2.45) is 5.92 Å². The summed E-state index contributed by atoms with van der Waals surface area (Å²) in [5.41, 5.74) is 1.88. The van der Waals surface area contributed by atoms with Crippen LogP contribution in [0.1, 0.15) is 106 Å². The van der Waals surface area contributed by atoms with Gasteiger partial charge in [0.05, 0.1) is 11.6 Å². The topological polar surface area (TPSA) is 75.9 Å². The van der Waals surface area contributed by atoms with Crippen LogP contribution in [0.4, 0.5) is 0 Å². The average molecular weight is 471 g/mol. The fraction of sp³-hybridized carbons (Fsp3) is 0.760. The van der Waals surface area contributed by atoms with Gasteiger partial charge in [0.2, 0.25) is 5.91 Å². The molecule has 1 saturated carbocycles. The second-order valence-corrected chi connectivity index (χ2v) is 11.5. The van der Waals surface area contributed by atoms with Crippen molar-refractivity contribution in [1.29, 1.82) is 0 Å². The third-order valence-electron chi connectivity index (χ3n) is 8.15. The Labute approximate surface area is 201 Å². The first-order valence-electron chi connectivity index (χ1n) is 12.9. The summed E-state index contributed by atoms with van der Waals surface area (Å²) in [6.07, 6.45) is 12.3. The number of carbonyl (C=O) groups excluding carboxylic acids is 1. The van der Waals surface area contributed by atoms with Crippen molar-refractivity contribution in [2.45, 2.75) is 109 Å². The SMILES string of the molecule is Cc1nnc(C(C)C)n1C1C[C@H]2CC[C@@H](C1)N2CC[C@H](NC(=O)C1CCCC1)c1cncs1. The highest BCUT2D eigenvalue weighted by Crippen LogP contribution is 2.42. The molecule has 5 rings (SSSR count). The summed E-state index contributed by atoms with van der Waals surface area (Å²) in [6.45, 7) is 7.56. The maximum absolute atomic E-state index is 12.9. The first kappa shape index (κ1) is 23.0. The number of rotatable bonds is 8. The molecular formula is C25H38N6OS. The maximum Gasteiger partial charge on any atom is 0.223 e. The third kappa shape index (κ3) is 4.74. The van der Waals surface area contributed by atoms with E-state index >= 15 is 0 Å². The van der Waals surface area contributed by atoms with Gasteiger partial charge in [-0.3, -0.25) is 14.7 Å². The maximum atomic E-state index is 12.9. The van der Waals surface area contributed by atoms with Crippen LogP contribution in [0, 0.1) is 12.8 Å². The van der Waals surface area contributed by atoms with Gasteiger partial charge in [0.15, 0.2) is 0 Å². The van der Waals surface area contributed by atoms with E-state index < -0.39 is 0 Å². The molecule has 2 aromatic heterocycles. The standard InChI is InChI=1S/C25H38N6OS/c1-16(2)24-29-28-17(3)31(24)21-12-19-8-9-20(13-21)30(19)11-10-22(23-14-26-15-33-23)27-25(32)18-6-4-5-7-18/h14-16,18-22H,4-13H2,1-3H3,(H,27,32)/t19-,20+,21?,22-/m0/s1. The number of carbonyl (C=O) groups is 1. The second kappa shape index (κ2) is 9.82. The van der Waals surface area contributed by atoms with Gasteiger partial charge >= 0.3 is 0 Å². The van der Waals surface area contributed by atoms with Gasteiger partial charge in [0.25, 0.3) is 0 Å². The summed E-state index contributed by atoms with van der Waals surface area (Å²) in [4.78, 5) is 21.1. The van der Waals surface area contributed by atoms with Crippen LogP contribution in [-0.4, -0.2) is 49.2 Å². The van der Waals surface area contributed by atoms with Gasteiger partial charge in [0, 0.05) is 47.6 Å². The van der Waals surface area contributed by atoms with Crippen molar-refractivity contribution in [1.82, 2.24) is 30.0 Å². The highest BCUT2D eigenvalue weighted by atomic mass is 32.1.